The predicted octanol–water partition coefficient (Wildman–Crippen LogP) is 2.13. The molecule has 1 aromatic carbocycles. The van der Waals surface area contributed by atoms with E-state index in [2.05, 4.69) is 18.0 Å². The molecule has 1 aliphatic carbocycles. The Labute approximate surface area is 104 Å². The highest BCUT2D eigenvalue weighted by Gasteiger charge is 2.20. The van der Waals surface area contributed by atoms with Gasteiger partial charge in [0.2, 0.25) is 0 Å². The van der Waals surface area contributed by atoms with Gasteiger partial charge >= 0.3 is 0 Å². The number of ether oxygens (including phenoxy) is 1. The summed E-state index contributed by atoms with van der Waals surface area (Å²) in [6.45, 7) is 3.61. The Hall–Kier alpha value is -1.06. The molecule has 0 radical (unpaired) electrons. The van der Waals surface area contributed by atoms with Gasteiger partial charge in [-0.25, -0.2) is 0 Å². The number of hydrogen-bond donors (Lipinski definition) is 1. The van der Waals surface area contributed by atoms with Crippen LogP contribution in [0.1, 0.15) is 18.4 Å². The topological polar surface area (TPSA) is 38.5 Å². The van der Waals surface area contributed by atoms with Gasteiger partial charge in [0.1, 0.15) is 0 Å². The Kier molecular flexibility index (Phi) is 4.40. The molecule has 1 saturated carbocycles. The maximum atomic E-state index is 5.91. The smallest absolute Gasteiger partial charge is 0.0593 e. The van der Waals surface area contributed by atoms with E-state index in [9.17, 15) is 0 Å². The quantitative estimate of drug-likeness (QED) is 0.580. The van der Waals surface area contributed by atoms with Crippen LogP contribution in [0.25, 0.3) is 0 Å². The fraction of sp³-hybridized carbons (Fsp3) is 0.571. The molecule has 1 aliphatic rings. The second-order valence-electron chi connectivity index (χ2n) is 4.95. The van der Waals surface area contributed by atoms with Gasteiger partial charge < -0.3 is 10.5 Å². The zero-order chi connectivity index (χ0) is 12.1. The Morgan fingerprint density at radius 1 is 1.35 bits per heavy atom. The summed E-state index contributed by atoms with van der Waals surface area (Å²) in [5.41, 5.74) is 7.98. The van der Waals surface area contributed by atoms with Crippen molar-refractivity contribution in [2.75, 3.05) is 32.5 Å². The van der Waals surface area contributed by atoms with Gasteiger partial charge in [0.25, 0.3) is 0 Å². The summed E-state index contributed by atoms with van der Waals surface area (Å²) in [5, 5.41) is 0. The van der Waals surface area contributed by atoms with Crippen LogP contribution in [0.5, 0.6) is 0 Å². The first-order chi connectivity index (χ1) is 8.25. The molecule has 1 fully saturated rings. The Morgan fingerprint density at radius 3 is 2.82 bits per heavy atom. The molecule has 0 bridgehead atoms. The highest BCUT2D eigenvalue weighted by Crippen LogP contribution is 2.28. The summed E-state index contributed by atoms with van der Waals surface area (Å²) < 4.78 is 5.62. The van der Waals surface area contributed by atoms with Crippen molar-refractivity contribution in [2.45, 2.75) is 19.4 Å². The van der Waals surface area contributed by atoms with Crippen LogP contribution in [0.4, 0.5) is 5.69 Å². The maximum absolute atomic E-state index is 5.91. The first kappa shape index (κ1) is 12.4. The van der Waals surface area contributed by atoms with E-state index < -0.39 is 0 Å². The van der Waals surface area contributed by atoms with Gasteiger partial charge in [-0.15, -0.1) is 0 Å². The maximum Gasteiger partial charge on any atom is 0.0593 e. The SMILES string of the molecule is CN(CCOCC1CC1)Cc1ccccc1N. The minimum atomic E-state index is 0.819. The van der Waals surface area contributed by atoms with Crippen LogP contribution < -0.4 is 5.73 Å². The summed E-state index contributed by atoms with van der Waals surface area (Å²) in [5.74, 6) is 0.852. The van der Waals surface area contributed by atoms with Crippen LogP contribution >= 0.6 is 0 Å². The third kappa shape index (κ3) is 4.36. The van der Waals surface area contributed by atoms with E-state index in [4.69, 9.17) is 10.5 Å². The number of para-hydroxylation sites is 1. The van der Waals surface area contributed by atoms with E-state index in [1.54, 1.807) is 0 Å². The van der Waals surface area contributed by atoms with Crippen molar-refractivity contribution in [3.8, 4) is 0 Å². The number of nitrogens with two attached hydrogens (primary N) is 1. The highest BCUT2D eigenvalue weighted by molar-refractivity contribution is 5.46. The Morgan fingerprint density at radius 2 is 2.12 bits per heavy atom. The lowest BCUT2D eigenvalue weighted by Gasteiger charge is -2.17. The van der Waals surface area contributed by atoms with Gasteiger partial charge in [0.15, 0.2) is 0 Å². The van der Waals surface area contributed by atoms with Crippen molar-refractivity contribution in [3.63, 3.8) is 0 Å². The van der Waals surface area contributed by atoms with Crippen LogP contribution in [-0.2, 0) is 11.3 Å². The number of likely N-dealkylation sites (N-methyl/N-ethyl adjacent to an activating group) is 1. The number of anilines is 1. The minimum Gasteiger partial charge on any atom is -0.398 e. The predicted molar refractivity (Wildman–Crippen MR) is 70.7 cm³/mol. The fourth-order valence-electron chi connectivity index (χ4n) is 1.80. The van der Waals surface area contributed by atoms with E-state index >= 15 is 0 Å². The summed E-state index contributed by atoms with van der Waals surface area (Å²) in [6, 6.07) is 8.03. The van der Waals surface area contributed by atoms with E-state index in [-0.39, 0.29) is 0 Å². The molecule has 0 amide bonds. The molecule has 3 nitrogen and oxygen atoms in total. The van der Waals surface area contributed by atoms with E-state index in [1.807, 2.05) is 18.2 Å². The molecule has 2 rings (SSSR count). The molecule has 1 aromatic rings. The highest BCUT2D eigenvalue weighted by atomic mass is 16.5. The third-order valence-electron chi connectivity index (χ3n) is 3.16. The minimum absolute atomic E-state index is 0.819. The summed E-state index contributed by atoms with van der Waals surface area (Å²) in [7, 11) is 2.10. The van der Waals surface area contributed by atoms with Crippen molar-refractivity contribution in [1.82, 2.24) is 4.90 Å². The van der Waals surface area contributed by atoms with Gasteiger partial charge in [-0.3, -0.25) is 4.90 Å². The molecule has 0 atom stereocenters. The standard InChI is InChI=1S/C14H22N2O/c1-16(8-9-17-11-12-6-7-12)10-13-4-2-3-5-14(13)15/h2-5,12H,6-11,15H2,1H3. The zero-order valence-corrected chi connectivity index (χ0v) is 10.6. The summed E-state index contributed by atoms with van der Waals surface area (Å²) >= 11 is 0. The van der Waals surface area contributed by atoms with Gasteiger partial charge in [-0.05, 0) is 37.4 Å². The fourth-order valence-corrected chi connectivity index (χ4v) is 1.80. The number of rotatable bonds is 7. The number of nitrogens with zero attached hydrogens (tertiary/aromatic N) is 1. The molecular formula is C14H22N2O. The molecule has 17 heavy (non-hydrogen) atoms. The van der Waals surface area contributed by atoms with Crippen molar-refractivity contribution in [3.05, 3.63) is 29.8 Å². The van der Waals surface area contributed by atoms with Gasteiger partial charge in [-0.1, -0.05) is 18.2 Å². The van der Waals surface area contributed by atoms with E-state index in [1.165, 1.54) is 18.4 Å². The van der Waals surface area contributed by atoms with Crippen molar-refractivity contribution in [2.24, 2.45) is 5.92 Å². The molecule has 0 heterocycles. The van der Waals surface area contributed by atoms with Crippen LogP contribution in [0.2, 0.25) is 0 Å². The lowest BCUT2D eigenvalue weighted by Crippen LogP contribution is -2.23. The second-order valence-corrected chi connectivity index (χ2v) is 4.95. The molecule has 2 N–H and O–H groups in total. The van der Waals surface area contributed by atoms with Gasteiger partial charge in [0, 0.05) is 25.4 Å². The molecule has 0 aromatic heterocycles. The van der Waals surface area contributed by atoms with Crippen LogP contribution in [0, 0.1) is 5.92 Å². The van der Waals surface area contributed by atoms with Gasteiger partial charge in [-0.2, -0.15) is 0 Å². The lowest BCUT2D eigenvalue weighted by molar-refractivity contribution is 0.102. The van der Waals surface area contributed by atoms with Crippen LogP contribution in [-0.4, -0.2) is 31.7 Å². The molecule has 0 unspecified atom stereocenters. The molecule has 0 spiro atoms. The van der Waals surface area contributed by atoms with Gasteiger partial charge in [0.05, 0.1) is 6.61 Å². The van der Waals surface area contributed by atoms with Crippen molar-refractivity contribution in [1.29, 1.82) is 0 Å². The first-order valence-corrected chi connectivity index (χ1v) is 6.35. The van der Waals surface area contributed by atoms with Crippen molar-refractivity contribution < 1.29 is 4.74 Å². The second kappa shape index (κ2) is 6.03. The summed E-state index contributed by atoms with van der Waals surface area (Å²) in [6.07, 6.45) is 2.72. The molecular weight excluding hydrogens is 212 g/mol. The van der Waals surface area contributed by atoms with E-state index in [0.717, 1.165) is 37.9 Å². The van der Waals surface area contributed by atoms with Crippen molar-refractivity contribution >= 4 is 5.69 Å². The van der Waals surface area contributed by atoms with E-state index in [0.29, 0.717) is 0 Å². The zero-order valence-electron chi connectivity index (χ0n) is 10.6. The Balaban J connectivity index is 1.65. The monoisotopic (exact) mass is 234 g/mol. The molecule has 0 aliphatic heterocycles. The number of benzene rings is 1. The molecule has 94 valence electrons. The first-order valence-electron chi connectivity index (χ1n) is 6.35. The number of nitrogen functional groups attached to an aromatic ring is 1. The summed E-state index contributed by atoms with van der Waals surface area (Å²) in [4.78, 5) is 2.25. The van der Waals surface area contributed by atoms with Crippen LogP contribution in [0.3, 0.4) is 0 Å². The molecule has 0 saturated heterocycles. The average Bonchev–Trinajstić information content (AvgIpc) is 3.12. The number of hydrogen-bond acceptors (Lipinski definition) is 3. The largest absolute Gasteiger partial charge is 0.398 e. The third-order valence-corrected chi connectivity index (χ3v) is 3.16. The lowest BCUT2D eigenvalue weighted by atomic mass is 10.2. The van der Waals surface area contributed by atoms with Crippen LogP contribution in [0.15, 0.2) is 24.3 Å². The molecule has 3 heteroatoms. The Bertz CT molecular complexity index is 350. The average molecular weight is 234 g/mol. The normalized spacial score (nSPS) is 15.4.